The summed E-state index contributed by atoms with van der Waals surface area (Å²) in [5.41, 5.74) is 4.87. The third kappa shape index (κ3) is 2.53. The zero-order chi connectivity index (χ0) is 11.3. The van der Waals surface area contributed by atoms with Gasteiger partial charge in [0.2, 0.25) is 0 Å². The average molecular weight is 212 g/mol. The quantitative estimate of drug-likeness (QED) is 0.773. The Kier molecular flexibility index (Phi) is 4.24. The molecule has 0 saturated heterocycles. The number of hydrogen-bond donors (Lipinski definition) is 1. The van der Waals surface area contributed by atoms with Gasteiger partial charge in [0.15, 0.2) is 0 Å². The minimum Gasteiger partial charge on any atom is -0.496 e. The van der Waals surface area contributed by atoms with E-state index in [1.54, 1.807) is 21.3 Å². The molecular formula is C11H18NO3+. The first-order valence-electron chi connectivity index (χ1n) is 4.85. The second-order valence-corrected chi connectivity index (χ2v) is 3.11. The van der Waals surface area contributed by atoms with Gasteiger partial charge in [0, 0.05) is 24.1 Å². The summed E-state index contributed by atoms with van der Waals surface area (Å²) in [6, 6.07) is 3.71. The van der Waals surface area contributed by atoms with E-state index in [4.69, 9.17) is 14.2 Å². The maximum absolute atomic E-state index is 5.30. The molecule has 0 unspecified atom stereocenters. The molecule has 84 valence electrons. The number of rotatable bonds is 5. The van der Waals surface area contributed by atoms with Gasteiger partial charge in [0.1, 0.15) is 17.2 Å². The van der Waals surface area contributed by atoms with Crippen LogP contribution in [0, 0.1) is 0 Å². The summed E-state index contributed by atoms with van der Waals surface area (Å²) >= 11 is 0. The summed E-state index contributed by atoms with van der Waals surface area (Å²) in [5, 5.41) is 0. The molecule has 4 nitrogen and oxygen atoms in total. The normalized spacial score (nSPS) is 9.87. The number of benzene rings is 1. The lowest BCUT2D eigenvalue weighted by Crippen LogP contribution is -2.51. The van der Waals surface area contributed by atoms with Crippen molar-refractivity contribution in [1.29, 1.82) is 0 Å². The fourth-order valence-electron chi connectivity index (χ4n) is 1.50. The van der Waals surface area contributed by atoms with E-state index in [0.29, 0.717) is 0 Å². The van der Waals surface area contributed by atoms with Gasteiger partial charge in [-0.25, -0.2) is 0 Å². The van der Waals surface area contributed by atoms with Gasteiger partial charge in [0.05, 0.1) is 27.9 Å². The van der Waals surface area contributed by atoms with E-state index in [-0.39, 0.29) is 0 Å². The van der Waals surface area contributed by atoms with Crippen LogP contribution >= 0.6 is 0 Å². The molecule has 0 aliphatic carbocycles. The highest BCUT2D eigenvalue weighted by molar-refractivity contribution is 5.50. The van der Waals surface area contributed by atoms with Gasteiger partial charge in [-0.3, -0.25) is 0 Å². The van der Waals surface area contributed by atoms with Gasteiger partial charge in [-0.15, -0.1) is 0 Å². The third-order valence-electron chi connectivity index (χ3n) is 2.24. The number of ether oxygens (including phenoxy) is 3. The molecule has 1 aromatic carbocycles. The van der Waals surface area contributed by atoms with Crippen molar-refractivity contribution >= 4 is 0 Å². The molecule has 0 aromatic heterocycles. The van der Waals surface area contributed by atoms with E-state index in [1.165, 1.54) is 0 Å². The number of hydrogen-bond acceptors (Lipinski definition) is 3. The molecule has 0 amide bonds. The maximum Gasteiger partial charge on any atom is 0.129 e. The fraction of sp³-hybridized carbons (Fsp3) is 0.455. The predicted molar refractivity (Wildman–Crippen MR) is 57.6 cm³/mol. The monoisotopic (exact) mass is 212 g/mol. The molecule has 1 aromatic rings. The molecule has 0 heterocycles. The van der Waals surface area contributed by atoms with Crippen LogP contribution in [0.4, 0.5) is 0 Å². The van der Waals surface area contributed by atoms with Crippen LogP contribution in [0.15, 0.2) is 12.1 Å². The molecular weight excluding hydrogens is 194 g/mol. The van der Waals surface area contributed by atoms with Crippen molar-refractivity contribution in [2.45, 2.75) is 6.42 Å². The SMILES string of the molecule is COc1cc(OC)c(CC[NH3+])c(OC)c1. The molecule has 4 heteroatoms. The van der Waals surface area contributed by atoms with Gasteiger partial charge in [-0.1, -0.05) is 0 Å². The molecule has 1 rings (SSSR count). The van der Waals surface area contributed by atoms with Gasteiger partial charge in [-0.05, 0) is 0 Å². The van der Waals surface area contributed by atoms with Gasteiger partial charge < -0.3 is 19.9 Å². The molecule has 0 aliphatic rings. The summed E-state index contributed by atoms with van der Waals surface area (Å²) in [5.74, 6) is 2.31. The highest BCUT2D eigenvalue weighted by atomic mass is 16.5. The van der Waals surface area contributed by atoms with Crippen LogP contribution < -0.4 is 19.9 Å². The average Bonchev–Trinajstić information content (AvgIpc) is 2.29. The fourth-order valence-corrected chi connectivity index (χ4v) is 1.50. The lowest BCUT2D eigenvalue weighted by molar-refractivity contribution is -0.366. The Labute approximate surface area is 89.9 Å². The van der Waals surface area contributed by atoms with Crippen LogP contribution in [-0.4, -0.2) is 27.9 Å². The van der Waals surface area contributed by atoms with Crippen LogP contribution in [0.5, 0.6) is 17.2 Å². The van der Waals surface area contributed by atoms with E-state index in [1.807, 2.05) is 12.1 Å². The Morgan fingerprint density at radius 1 is 1.00 bits per heavy atom. The first-order valence-corrected chi connectivity index (χ1v) is 4.85. The topological polar surface area (TPSA) is 55.3 Å². The van der Waals surface area contributed by atoms with Crippen molar-refractivity contribution in [2.75, 3.05) is 27.9 Å². The van der Waals surface area contributed by atoms with Crippen molar-refractivity contribution in [1.82, 2.24) is 0 Å². The Morgan fingerprint density at radius 3 is 1.87 bits per heavy atom. The van der Waals surface area contributed by atoms with Gasteiger partial charge in [0.25, 0.3) is 0 Å². The zero-order valence-corrected chi connectivity index (χ0v) is 9.50. The van der Waals surface area contributed by atoms with Crippen molar-refractivity contribution in [2.24, 2.45) is 0 Å². The first-order chi connectivity index (χ1) is 7.26. The summed E-state index contributed by atoms with van der Waals surface area (Å²) < 4.78 is 15.7. The van der Waals surface area contributed by atoms with E-state index in [0.717, 1.165) is 35.8 Å². The number of quaternary nitrogens is 1. The van der Waals surface area contributed by atoms with Crippen LogP contribution in [0.3, 0.4) is 0 Å². The van der Waals surface area contributed by atoms with Crippen molar-refractivity contribution in [3.05, 3.63) is 17.7 Å². The molecule has 0 saturated carbocycles. The van der Waals surface area contributed by atoms with E-state index >= 15 is 0 Å². The molecule has 0 atom stereocenters. The molecule has 0 radical (unpaired) electrons. The van der Waals surface area contributed by atoms with E-state index in [2.05, 4.69) is 5.73 Å². The molecule has 0 spiro atoms. The predicted octanol–water partition coefficient (Wildman–Crippen LogP) is 0.497. The van der Waals surface area contributed by atoms with Crippen molar-refractivity contribution in [3.63, 3.8) is 0 Å². The molecule has 15 heavy (non-hydrogen) atoms. The highest BCUT2D eigenvalue weighted by Crippen LogP contribution is 2.33. The Morgan fingerprint density at radius 2 is 1.53 bits per heavy atom. The summed E-state index contributed by atoms with van der Waals surface area (Å²) in [6.07, 6.45) is 0.830. The minimum atomic E-state index is 0.733. The van der Waals surface area contributed by atoms with Crippen LogP contribution in [0.2, 0.25) is 0 Å². The van der Waals surface area contributed by atoms with Gasteiger partial charge >= 0.3 is 0 Å². The maximum atomic E-state index is 5.30. The Hall–Kier alpha value is -1.42. The molecule has 3 N–H and O–H groups in total. The second-order valence-electron chi connectivity index (χ2n) is 3.11. The van der Waals surface area contributed by atoms with Crippen LogP contribution in [0.1, 0.15) is 5.56 Å². The van der Waals surface area contributed by atoms with Crippen LogP contribution in [-0.2, 0) is 6.42 Å². The first kappa shape index (κ1) is 11.7. The van der Waals surface area contributed by atoms with Crippen molar-refractivity contribution < 1.29 is 19.9 Å². The second kappa shape index (κ2) is 5.46. The molecule has 0 bridgehead atoms. The molecule has 0 fully saturated rings. The third-order valence-corrected chi connectivity index (χ3v) is 2.24. The van der Waals surface area contributed by atoms with E-state index < -0.39 is 0 Å². The summed E-state index contributed by atoms with van der Waals surface area (Å²) in [7, 11) is 4.90. The molecule has 0 aliphatic heterocycles. The van der Waals surface area contributed by atoms with Crippen molar-refractivity contribution in [3.8, 4) is 17.2 Å². The summed E-state index contributed by atoms with van der Waals surface area (Å²) in [4.78, 5) is 0. The lowest BCUT2D eigenvalue weighted by Gasteiger charge is -2.13. The Balaban J connectivity index is 3.19. The standard InChI is InChI=1S/C11H17NO3/c1-13-8-6-10(14-2)9(4-5-12)11(7-8)15-3/h6-7H,4-5,12H2,1-3H3/p+1. The van der Waals surface area contributed by atoms with E-state index in [9.17, 15) is 0 Å². The van der Waals surface area contributed by atoms with Gasteiger partial charge in [-0.2, -0.15) is 0 Å². The smallest absolute Gasteiger partial charge is 0.129 e. The lowest BCUT2D eigenvalue weighted by atomic mass is 10.1. The zero-order valence-electron chi connectivity index (χ0n) is 9.50. The summed E-state index contributed by atoms with van der Waals surface area (Å²) in [6.45, 7) is 0.805. The largest absolute Gasteiger partial charge is 0.496 e. The number of methoxy groups -OCH3 is 3. The Bertz CT molecular complexity index is 301. The highest BCUT2D eigenvalue weighted by Gasteiger charge is 2.12. The minimum absolute atomic E-state index is 0.733. The van der Waals surface area contributed by atoms with Crippen LogP contribution in [0.25, 0.3) is 0 Å².